The van der Waals surface area contributed by atoms with E-state index in [-0.39, 0.29) is 11.8 Å². The van der Waals surface area contributed by atoms with Crippen LogP contribution in [0.4, 0.5) is 0 Å². The third kappa shape index (κ3) is 2.12. The average molecular weight is 254 g/mol. The molecule has 0 bridgehead atoms. The van der Waals surface area contributed by atoms with E-state index in [0.29, 0.717) is 23.7 Å². The van der Waals surface area contributed by atoms with Crippen molar-refractivity contribution in [3.8, 4) is 5.75 Å². The molecule has 5 nitrogen and oxygen atoms in total. The first kappa shape index (κ1) is 11.9. The SMILES string of the molecule is COc1ccsc1C(=O)N1CCNC(=O)C1C. The molecule has 0 spiro atoms. The number of hydrogen-bond donors (Lipinski definition) is 1. The summed E-state index contributed by atoms with van der Waals surface area (Å²) < 4.78 is 5.12. The van der Waals surface area contributed by atoms with Crippen molar-refractivity contribution < 1.29 is 14.3 Å². The molecule has 1 aromatic rings. The second-order valence-corrected chi connectivity index (χ2v) is 4.70. The predicted octanol–water partition coefficient (Wildman–Crippen LogP) is 0.717. The molecule has 1 N–H and O–H groups in total. The van der Waals surface area contributed by atoms with Crippen molar-refractivity contribution in [2.45, 2.75) is 13.0 Å². The van der Waals surface area contributed by atoms with Crippen LogP contribution in [-0.4, -0.2) is 43.0 Å². The fourth-order valence-electron chi connectivity index (χ4n) is 1.80. The third-order valence-electron chi connectivity index (χ3n) is 2.80. The maximum absolute atomic E-state index is 12.3. The van der Waals surface area contributed by atoms with Gasteiger partial charge in [-0.15, -0.1) is 11.3 Å². The summed E-state index contributed by atoms with van der Waals surface area (Å²) in [6.07, 6.45) is 0. The van der Waals surface area contributed by atoms with Gasteiger partial charge in [0, 0.05) is 13.1 Å². The second kappa shape index (κ2) is 4.75. The number of piperazine rings is 1. The highest BCUT2D eigenvalue weighted by Crippen LogP contribution is 2.26. The zero-order valence-electron chi connectivity index (χ0n) is 9.73. The van der Waals surface area contributed by atoms with Gasteiger partial charge >= 0.3 is 0 Å². The minimum Gasteiger partial charge on any atom is -0.495 e. The van der Waals surface area contributed by atoms with Gasteiger partial charge in [-0.05, 0) is 18.4 Å². The number of hydrogen-bond acceptors (Lipinski definition) is 4. The monoisotopic (exact) mass is 254 g/mol. The molecule has 1 aliphatic rings. The summed E-state index contributed by atoms with van der Waals surface area (Å²) >= 11 is 1.33. The number of nitrogens with zero attached hydrogens (tertiary/aromatic N) is 1. The van der Waals surface area contributed by atoms with Gasteiger partial charge in [-0.2, -0.15) is 0 Å². The van der Waals surface area contributed by atoms with Crippen LogP contribution in [0.25, 0.3) is 0 Å². The number of thiophene rings is 1. The molecule has 17 heavy (non-hydrogen) atoms. The number of carbonyl (C=O) groups is 2. The maximum atomic E-state index is 12.3. The van der Waals surface area contributed by atoms with Crippen molar-refractivity contribution in [2.75, 3.05) is 20.2 Å². The summed E-state index contributed by atoms with van der Waals surface area (Å²) in [5.41, 5.74) is 0. The highest BCUT2D eigenvalue weighted by atomic mass is 32.1. The lowest BCUT2D eigenvalue weighted by molar-refractivity contribution is -0.127. The summed E-state index contributed by atoms with van der Waals surface area (Å²) in [4.78, 5) is 25.9. The molecule has 1 atom stereocenters. The second-order valence-electron chi connectivity index (χ2n) is 3.78. The fourth-order valence-corrected chi connectivity index (χ4v) is 2.62. The number of rotatable bonds is 2. The minimum absolute atomic E-state index is 0.111. The molecule has 1 unspecified atom stereocenters. The Hall–Kier alpha value is -1.56. The van der Waals surface area contributed by atoms with E-state index < -0.39 is 6.04 Å². The Labute approximate surface area is 103 Å². The number of amides is 2. The number of nitrogens with one attached hydrogen (secondary N) is 1. The van der Waals surface area contributed by atoms with Crippen molar-refractivity contribution in [1.82, 2.24) is 10.2 Å². The van der Waals surface area contributed by atoms with Gasteiger partial charge in [0.05, 0.1) is 7.11 Å². The summed E-state index contributed by atoms with van der Waals surface area (Å²) in [5.74, 6) is 0.317. The molecule has 92 valence electrons. The lowest BCUT2D eigenvalue weighted by atomic mass is 10.2. The first-order valence-electron chi connectivity index (χ1n) is 5.35. The normalized spacial score (nSPS) is 20.0. The number of ether oxygens (including phenoxy) is 1. The highest BCUT2D eigenvalue weighted by molar-refractivity contribution is 7.12. The van der Waals surface area contributed by atoms with Crippen LogP contribution < -0.4 is 10.1 Å². The summed E-state index contributed by atoms with van der Waals surface area (Å²) in [6.45, 7) is 2.77. The molecule has 1 saturated heterocycles. The molecule has 6 heteroatoms. The van der Waals surface area contributed by atoms with Crippen molar-refractivity contribution in [3.63, 3.8) is 0 Å². The predicted molar refractivity (Wildman–Crippen MR) is 64.4 cm³/mol. The Kier molecular flexibility index (Phi) is 3.33. The molecule has 1 fully saturated rings. The molecule has 2 rings (SSSR count). The van der Waals surface area contributed by atoms with Gasteiger partial charge in [-0.1, -0.05) is 0 Å². The smallest absolute Gasteiger partial charge is 0.268 e. The van der Waals surface area contributed by atoms with Crippen LogP contribution in [-0.2, 0) is 4.79 Å². The van der Waals surface area contributed by atoms with E-state index in [2.05, 4.69) is 5.32 Å². The Balaban J connectivity index is 2.22. The lowest BCUT2D eigenvalue weighted by Crippen LogP contribution is -2.55. The van der Waals surface area contributed by atoms with Crippen LogP contribution >= 0.6 is 11.3 Å². The molecule has 1 aliphatic heterocycles. The van der Waals surface area contributed by atoms with E-state index in [1.165, 1.54) is 18.4 Å². The van der Waals surface area contributed by atoms with E-state index >= 15 is 0 Å². The Morgan fingerprint density at radius 3 is 3.12 bits per heavy atom. The maximum Gasteiger partial charge on any atom is 0.268 e. The molecule has 0 aliphatic carbocycles. The third-order valence-corrected chi connectivity index (χ3v) is 3.69. The fraction of sp³-hybridized carbons (Fsp3) is 0.455. The van der Waals surface area contributed by atoms with Crippen LogP contribution in [0.15, 0.2) is 11.4 Å². The molecule has 0 radical (unpaired) electrons. The summed E-state index contributed by atoms with van der Waals surface area (Å²) in [6, 6.07) is 1.33. The van der Waals surface area contributed by atoms with Gasteiger partial charge in [0.2, 0.25) is 5.91 Å². The first-order valence-corrected chi connectivity index (χ1v) is 6.23. The zero-order chi connectivity index (χ0) is 12.4. The molecule has 2 heterocycles. The Morgan fingerprint density at radius 2 is 2.41 bits per heavy atom. The van der Waals surface area contributed by atoms with Crippen LogP contribution in [0.5, 0.6) is 5.75 Å². The van der Waals surface area contributed by atoms with Crippen LogP contribution in [0, 0.1) is 0 Å². The Bertz CT molecular complexity index is 444. The van der Waals surface area contributed by atoms with E-state index in [4.69, 9.17) is 4.74 Å². The van der Waals surface area contributed by atoms with E-state index in [0.717, 1.165) is 0 Å². The molecule has 0 aromatic carbocycles. The van der Waals surface area contributed by atoms with Crippen molar-refractivity contribution in [1.29, 1.82) is 0 Å². The first-order chi connectivity index (χ1) is 8.15. The zero-order valence-corrected chi connectivity index (χ0v) is 10.5. The van der Waals surface area contributed by atoms with Gasteiger partial charge in [-0.3, -0.25) is 9.59 Å². The average Bonchev–Trinajstić information content (AvgIpc) is 2.80. The van der Waals surface area contributed by atoms with Gasteiger partial charge in [-0.25, -0.2) is 0 Å². The quantitative estimate of drug-likeness (QED) is 0.846. The van der Waals surface area contributed by atoms with Gasteiger partial charge in [0.15, 0.2) is 0 Å². The molecule has 2 amide bonds. The lowest BCUT2D eigenvalue weighted by Gasteiger charge is -2.32. The Morgan fingerprint density at radius 1 is 1.65 bits per heavy atom. The molecule has 1 aromatic heterocycles. The van der Waals surface area contributed by atoms with E-state index in [1.54, 1.807) is 23.3 Å². The topological polar surface area (TPSA) is 58.6 Å². The van der Waals surface area contributed by atoms with Gasteiger partial charge < -0.3 is 15.0 Å². The van der Waals surface area contributed by atoms with Crippen LogP contribution in [0.2, 0.25) is 0 Å². The largest absolute Gasteiger partial charge is 0.495 e. The standard InChI is InChI=1S/C11H14N2O3S/c1-7-10(14)12-4-5-13(7)11(15)9-8(16-2)3-6-17-9/h3,6-7H,4-5H2,1-2H3,(H,12,14). The summed E-state index contributed by atoms with van der Waals surface area (Å²) in [5, 5.41) is 4.54. The van der Waals surface area contributed by atoms with Crippen molar-refractivity contribution in [3.05, 3.63) is 16.3 Å². The van der Waals surface area contributed by atoms with Crippen LogP contribution in [0.3, 0.4) is 0 Å². The van der Waals surface area contributed by atoms with Crippen molar-refractivity contribution >= 4 is 23.2 Å². The van der Waals surface area contributed by atoms with E-state index in [1.807, 2.05) is 0 Å². The van der Waals surface area contributed by atoms with E-state index in [9.17, 15) is 9.59 Å². The van der Waals surface area contributed by atoms with Gasteiger partial charge in [0.1, 0.15) is 16.7 Å². The molecule has 0 saturated carbocycles. The minimum atomic E-state index is -0.428. The number of carbonyl (C=O) groups excluding carboxylic acids is 2. The van der Waals surface area contributed by atoms with Crippen molar-refractivity contribution in [2.24, 2.45) is 0 Å². The van der Waals surface area contributed by atoms with Gasteiger partial charge in [0.25, 0.3) is 5.91 Å². The number of methoxy groups -OCH3 is 1. The molecular formula is C11H14N2O3S. The van der Waals surface area contributed by atoms with Crippen LogP contribution in [0.1, 0.15) is 16.6 Å². The molecular weight excluding hydrogens is 240 g/mol. The highest BCUT2D eigenvalue weighted by Gasteiger charge is 2.31. The summed E-state index contributed by atoms with van der Waals surface area (Å²) in [7, 11) is 1.53.